The number of amides is 2. The SMILES string of the molecule is CN(C(=O)[C@@H]1Cc2cccc(c2)/C=C\Cc2cc(C(F)(F)F)nn2CC(=O)N1)c1ccc(Cl)cc1. The number of hydrogen-bond donors (Lipinski definition) is 1. The zero-order chi connectivity index (χ0) is 25.2. The van der Waals surface area contributed by atoms with Gasteiger partial charge in [0.15, 0.2) is 5.69 Å². The maximum Gasteiger partial charge on any atom is 0.435 e. The predicted molar refractivity (Wildman–Crippen MR) is 127 cm³/mol. The molecule has 1 aromatic heterocycles. The minimum Gasteiger partial charge on any atom is -0.342 e. The van der Waals surface area contributed by atoms with Crippen molar-refractivity contribution >= 4 is 35.2 Å². The Kier molecular flexibility index (Phi) is 6.98. The first-order valence-electron chi connectivity index (χ1n) is 10.8. The third-order valence-electron chi connectivity index (χ3n) is 5.65. The summed E-state index contributed by atoms with van der Waals surface area (Å²) in [6.45, 7) is -0.453. The van der Waals surface area contributed by atoms with Crippen molar-refractivity contribution in [1.29, 1.82) is 0 Å². The molecule has 10 heteroatoms. The number of carbonyl (C=O) groups is 2. The van der Waals surface area contributed by atoms with Crippen molar-refractivity contribution in [2.75, 3.05) is 11.9 Å². The van der Waals surface area contributed by atoms with E-state index in [1.54, 1.807) is 43.5 Å². The van der Waals surface area contributed by atoms with Crippen LogP contribution in [0.25, 0.3) is 6.08 Å². The van der Waals surface area contributed by atoms with Crippen molar-refractivity contribution in [3.05, 3.63) is 88.2 Å². The average Bonchev–Trinajstić information content (AvgIpc) is 3.21. The van der Waals surface area contributed by atoms with Gasteiger partial charge in [-0.2, -0.15) is 18.3 Å². The van der Waals surface area contributed by atoms with Crippen LogP contribution in [0.3, 0.4) is 0 Å². The number of nitrogens with zero attached hydrogens (tertiary/aromatic N) is 3. The molecule has 182 valence electrons. The Labute approximate surface area is 205 Å². The molecule has 1 aliphatic rings. The second-order valence-electron chi connectivity index (χ2n) is 8.23. The number of carbonyl (C=O) groups excluding carboxylic acids is 2. The number of fused-ring (bicyclic) bond motifs is 3. The monoisotopic (exact) mass is 502 g/mol. The van der Waals surface area contributed by atoms with Crippen LogP contribution in [0.4, 0.5) is 18.9 Å². The van der Waals surface area contributed by atoms with Gasteiger partial charge in [-0.05, 0) is 41.5 Å². The van der Waals surface area contributed by atoms with E-state index in [1.165, 1.54) is 4.90 Å². The molecule has 0 saturated heterocycles. The van der Waals surface area contributed by atoms with Gasteiger partial charge in [-0.3, -0.25) is 14.3 Å². The third-order valence-corrected chi connectivity index (χ3v) is 5.91. The third kappa shape index (κ3) is 5.92. The van der Waals surface area contributed by atoms with E-state index in [9.17, 15) is 22.8 Å². The average molecular weight is 503 g/mol. The van der Waals surface area contributed by atoms with Gasteiger partial charge in [0.05, 0.1) is 0 Å². The lowest BCUT2D eigenvalue weighted by atomic mass is 10.0. The number of rotatable bonds is 2. The Morgan fingerprint density at radius 1 is 1.17 bits per heavy atom. The number of aromatic nitrogens is 2. The highest BCUT2D eigenvalue weighted by molar-refractivity contribution is 6.30. The fraction of sp³-hybridized carbons (Fsp3) is 0.240. The second kappa shape index (κ2) is 9.95. The Hall–Kier alpha value is -3.59. The quantitative estimate of drug-likeness (QED) is 0.560. The van der Waals surface area contributed by atoms with E-state index in [4.69, 9.17) is 11.6 Å². The summed E-state index contributed by atoms with van der Waals surface area (Å²) in [5.41, 5.74) is 1.40. The van der Waals surface area contributed by atoms with Crippen LogP contribution < -0.4 is 10.2 Å². The summed E-state index contributed by atoms with van der Waals surface area (Å²) in [6.07, 6.45) is -0.774. The van der Waals surface area contributed by atoms with Crippen molar-refractivity contribution in [1.82, 2.24) is 15.1 Å². The van der Waals surface area contributed by atoms with Crippen LogP contribution in [0.1, 0.15) is 22.5 Å². The second-order valence-corrected chi connectivity index (χ2v) is 8.66. The zero-order valence-corrected chi connectivity index (χ0v) is 19.5. The summed E-state index contributed by atoms with van der Waals surface area (Å²) in [7, 11) is 1.58. The molecule has 0 spiro atoms. The van der Waals surface area contributed by atoms with E-state index in [1.807, 2.05) is 24.3 Å². The molecule has 0 fully saturated rings. The van der Waals surface area contributed by atoms with Crippen LogP contribution >= 0.6 is 11.6 Å². The molecule has 35 heavy (non-hydrogen) atoms. The van der Waals surface area contributed by atoms with Crippen molar-refractivity contribution in [2.24, 2.45) is 0 Å². The maximum atomic E-state index is 13.4. The van der Waals surface area contributed by atoms with Gasteiger partial charge in [0.25, 0.3) is 0 Å². The van der Waals surface area contributed by atoms with Gasteiger partial charge < -0.3 is 10.2 Å². The number of allylic oxidation sites excluding steroid dienone is 1. The van der Waals surface area contributed by atoms with Crippen molar-refractivity contribution in [3.63, 3.8) is 0 Å². The molecule has 0 radical (unpaired) electrons. The van der Waals surface area contributed by atoms with Gasteiger partial charge in [-0.25, -0.2) is 0 Å². The largest absolute Gasteiger partial charge is 0.435 e. The number of likely N-dealkylation sites (N-methyl/N-ethyl adjacent to an activating group) is 1. The lowest BCUT2D eigenvalue weighted by molar-refractivity contribution is -0.141. The smallest absolute Gasteiger partial charge is 0.342 e. The van der Waals surface area contributed by atoms with E-state index < -0.39 is 30.4 Å². The number of hydrogen-bond acceptors (Lipinski definition) is 3. The van der Waals surface area contributed by atoms with Crippen LogP contribution in [0.2, 0.25) is 5.02 Å². The fourth-order valence-corrected chi connectivity index (χ4v) is 4.00. The number of nitrogens with one attached hydrogen (secondary N) is 1. The molecule has 0 aliphatic carbocycles. The molecule has 4 rings (SSSR count). The molecule has 1 atom stereocenters. The van der Waals surface area contributed by atoms with Crippen LogP contribution in [0, 0.1) is 0 Å². The van der Waals surface area contributed by atoms with Gasteiger partial charge >= 0.3 is 6.18 Å². The maximum absolute atomic E-state index is 13.4. The topological polar surface area (TPSA) is 67.2 Å². The van der Waals surface area contributed by atoms with Crippen LogP contribution in [0.15, 0.2) is 60.7 Å². The van der Waals surface area contributed by atoms with Crippen molar-refractivity contribution < 1.29 is 22.8 Å². The molecule has 2 heterocycles. The Morgan fingerprint density at radius 3 is 2.63 bits per heavy atom. The standard InChI is InChI=1S/C25H22ClF3N4O2/c1-32(19-10-8-18(26)9-11-19)24(35)21-13-17-6-2-4-16(12-17)5-3-7-20-14-22(25(27,28)29)31-33(20)15-23(34)30-21/h2-6,8-12,14,21H,7,13,15H2,1H3,(H,30,34)/b5-3-/t21-/m0/s1. The first kappa shape index (κ1) is 24.5. The highest BCUT2D eigenvalue weighted by Crippen LogP contribution is 2.29. The highest BCUT2D eigenvalue weighted by Gasteiger charge is 2.35. The van der Waals surface area contributed by atoms with Gasteiger partial charge in [0.1, 0.15) is 12.6 Å². The Balaban J connectivity index is 1.68. The predicted octanol–water partition coefficient (Wildman–Crippen LogP) is 4.52. The molecule has 2 amide bonds. The minimum absolute atomic E-state index is 0.155. The first-order chi connectivity index (χ1) is 16.6. The molecule has 1 aliphatic heterocycles. The summed E-state index contributed by atoms with van der Waals surface area (Å²) in [4.78, 5) is 27.7. The molecule has 2 bridgehead atoms. The molecular formula is C25H22ClF3N4O2. The molecule has 6 nitrogen and oxygen atoms in total. The highest BCUT2D eigenvalue weighted by atomic mass is 35.5. The molecule has 0 saturated carbocycles. The van der Waals surface area contributed by atoms with Gasteiger partial charge in [0, 0.05) is 36.3 Å². The Bertz CT molecular complexity index is 1270. The first-order valence-corrected chi connectivity index (χ1v) is 11.2. The van der Waals surface area contributed by atoms with Crippen LogP contribution in [-0.2, 0) is 35.2 Å². The summed E-state index contributed by atoms with van der Waals surface area (Å²) in [5.74, 6) is -1.00. The Morgan fingerprint density at radius 2 is 1.91 bits per heavy atom. The van der Waals surface area contributed by atoms with Crippen LogP contribution in [0.5, 0.6) is 0 Å². The number of anilines is 1. The fourth-order valence-electron chi connectivity index (χ4n) is 3.87. The summed E-state index contributed by atoms with van der Waals surface area (Å²) in [6, 6.07) is 14.1. The summed E-state index contributed by atoms with van der Waals surface area (Å²) in [5, 5.41) is 6.81. The zero-order valence-electron chi connectivity index (χ0n) is 18.7. The lowest BCUT2D eigenvalue weighted by Crippen LogP contribution is -2.49. The molecular weight excluding hydrogens is 481 g/mol. The molecule has 0 unspecified atom stereocenters. The van der Waals surface area contributed by atoms with Crippen molar-refractivity contribution in [2.45, 2.75) is 31.6 Å². The van der Waals surface area contributed by atoms with Gasteiger partial charge in [-0.15, -0.1) is 0 Å². The molecule has 1 N–H and O–H groups in total. The summed E-state index contributed by atoms with van der Waals surface area (Å²) >= 11 is 5.94. The molecule has 3 aromatic rings. The minimum atomic E-state index is -4.64. The normalized spacial score (nSPS) is 17.3. The number of benzene rings is 2. The van der Waals surface area contributed by atoms with Gasteiger partial charge in [0.2, 0.25) is 11.8 Å². The molecule has 2 aromatic carbocycles. The van der Waals surface area contributed by atoms with E-state index in [-0.39, 0.29) is 24.4 Å². The van der Waals surface area contributed by atoms with Gasteiger partial charge in [-0.1, -0.05) is 48.0 Å². The van der Waals surface area contributed by atoms with E-state index in [0.29, 0.717) is 10.7 Å². The lowest BCUT2D eigenvalue weighted by Gasteiger charge is -2.25. The van der Waals surface area contributed by atoms with Crippen molar-refractivity contribution in [3.8, 4) is 0 Å². The van der Waals surface area contributed by atoms with Crippen LogP contribution in [-0.4, -0.2) is 34.7 Å². The van der Waals surface area contributed by atoms with E-state index >= 15 is 0 Å². The van der Waals surface area contributed by atoms with E-state index in [2.05, 4.69) is 10.4 Å². The number of halogens is 4. The van der Waals surface area contributed by atoms with E-state index in [0.717, 1.165) is 21.9 Å². The summed E-state index contributed by atoms with van der Waals surface area (Å²) < 4.78 is 40.8. The number of alkyl halides is 3.